The van der Waals surface area contributed by atoms with Crippen molar-refractivity contribution in [1.82, 2.24) is 5.32 Å². The van der Waals surface area contributed by atoms with Crippen molar-refractivity contribution in [3.8, 4) is 0 Å². The minimum atomic E-state index is -1.13. The van der Waals surface area contributed by atoms with E-state index < -0.39 is 12.2 Å². The summed E-state index contributed by atoms with van der Waals surface area (Å²) in [6.07, 6.45) is -1.98. The zero-order chi connectivity index (χ0) is 7.56. The summed E-state index contributed by atoms with van der Waals surface area (Å²) < 4.78 is 4.72. The zero-order valence-corrected chi connectivity index (χ0v) is 5.28. The maximum atomic E-state index is 9.88. The first-order valence-electron chi connectivity index (χ1n) is 2.96. The SMILES string of the molecule is O=C(O)NC[C@@H](O)[C@H]1CO1. The van der Waals surface area contributed by atoms with Crippen LogP contribution >= 0.6 is 0 Å². The number of nitrogens with one attached hydrogen (secondary N) is 1. The Labute approximate surface area is 57.6 Å². The Kier molecular flexibility index (Phi) is 2.08. The largest absolute Gasteiger partial charge is 0.465 e. The van der Waals surface area contributed by atoms with Crippen molar-refractivity contribution in [1.29, 1.82) is 0 Å². The molecule has 0 aromatic heterocycles. The molecule has 1 aliphatic rings. The van der Waals surface area contributed by atoms with Crippen LogP contribution in [0.15, 0.2) is 0 Å². The van der Waals surface area contributed by atoms with Crippen molar-refractivity contribution >= 4 is 6.09 Å². The van der Waals surface area contributed by atoms with E-state index >= 15 is 0 Å². The predicted molar refractivity (Wildman–Crippen MR) is 31.8 cm³/mol. The molecular formula is C5H9NO4. The third-order valence-electron chi connectivity index (χ3n) is 1.25. The Balaban J connectivity index is 2.05. The second-order valence-corrected chi connectivity index (χ2v) is 2.13. The van der Waals surface area contributed by atoms with Crippen molar-refractivity contribution in [3.63, 3.8) is 0 Å². The first kappa shape index (κ1) is 7.30. The number of rotatable bonds is 3. The summed E-state index contributed by atoms with van der Waals surface area (Å²) in [7, 11) is 0. The summed E-state index contributed by atoms with van der Waals surface area (Å²) in [5.41, 5.74) is 0. The van der Waals surface area contributed by atoms with Crippen LogP contribution in [0.3, 0.4) is 0 Å². The summed E-state index contributed by atoms with van der Waals surface area (Å²) in [5, 5.41) is 19.1. The van der Waals surface area contributed by atoms with Crippen molar-refractivity contribution in [2.45, 2.75) is 12.2 Å². The molecule has 10 heavy (non-hydrogen) atoms. The third-order valence-corrected chi connectivity index (χ3v) is 1.25. The monoisotopic (exact) mass is 147 g/mol. The number of aliphatic hydroxyl groups excluding tert-OH is 1. The van der Waals surface area contributed by atoms with Gasteiger partial charge in [-0.3, -0.25) is 0 Å². The van der Waals surface area contributed by atoms with Gasteiger partial charge in [0.2, 0.25) is 0 Å². The van der Waals surface area contributed by atoms with E-state index in [9.17, 15) is 4.79 Å². The Morgan fingerprint density at radius 1 is 1.90 bits per heavy atom. The van der Waals surface area contributed by atoms with Crippen LogP contribution in [0.1, 0.15) is 0 Å². The van der Waals surface area contributed by atoms with Crippen molar-refractivity contribution in [2.75, 3.05) is 13.2 Å². The van der Waals surface area contributed by atoms with Crippen molar-refractivity contribution in [3.05, 3.63) is 0 Å². The molecule has 1 amide bonds. The minimum Gasteiger partial charge on any atom is -0.465 e. The lowest BCUT2D eigenvalue weighted by molar-refractivity contribution is 0.128. The average Bonchev–Trinajstić information content (AvgIpc) is 2.63. The molecule has 5 nitrogen and oxygen atoms in total. The van der Waals surface area contributed by atoms with Gasteiger partial charge in [-0.25, -0.2) is 4.79 Å². The lowest BCUT2D eigenvalue weighted by Crippen LogP contribution is -2.33. The van der Waals surface area contributed by atoms with E-state index in [1.807, 2.05) is 0 Å². The second kappa shape index (κ2) is 2.85. The smallest absolute Gasteiger partial charge is 0.404 e. The zero-order valence-electron chi connectivity index (χ0n) is 5.28. The van der Waals surface area contributed by atoms with Gasteiger partial charge in [0.05, 0.1) is 12.7 Å². The van der Waals surface area contributed by atoms with Gasteiger partial charge in [-0.05, 0) is 0 Å². The van der Waals surface area contributed by atoms with Gasteiger partial charge in [0.1, 0.15) is 6.10 Å². The number of hydrogen-bond acceptors (Lipinski definition) is 3. The molecule has 1 aliphatic heterocycles. The van der Waals surface area contributed by atoms with Gasteiger partial charge >= 0.3 is 6.09 Å². The topological polar surface area (TPSA) is 82.1 Å². The maximum absolute atomic E-state index is 9.88. The predicted octanol–water partition coefficient (Wildman–Crippen LogP) is -0.986. The molecule has 0 aliphatic carbocycles. The molecule has 5 heteroatoms. The van der Waals surface area contributed by atoms with Crippen LogP contribution in [0.2, 0.25) is 0 Å². The second-order valence-electron chi connectivity index (χ2n) is 2.13. The maximum Gasteiger partial charge on any atom is 0.404 e. The first-order chi connectivity index (χ1) is 4.70. The van der Waals surface area contributed by atoms with E-state index in [4.69, 9.17) is 14.9 Å². The lowest BCUT2D eigenvalue weighted by Gasteiger charge is -2.05. The fourth-order valence-electron chi connectivity index (χ4n) is 0.601. The Hall–Kier alpha value is -0.810. The molecule has 58 valence electrons. The van der Waals surface area contributed by atoms with Gasteiger partial charge in [-0.1, -0.05) is 0 Å². The van der Waals surface area contributed by atoms with E-state index in [0.29, 0.717) is 6.61 Å². The number of amides is 1. The van der Waals surface area contributed by atoms with Crippen LogP contribution in [0.5, 0.6) is 0 Å². The van der Waals surface area contributed by atoms with Gasteiger partial charge in [0.25, 0.3) is 0 Å². The van der Waals surface area contributed by atoms with E-state index in [1.54, 1.807) is 0 Å². The number of aliphatic hydroxyl groups is 1. The first-order valence-corrected chi connectivity index (χ1v) is 2.96. The number of carboxylic acid groups (broad SMARTS) is 1. The average molecular weight is 147 g/mol. The minimum absolute atomic E-state index is 0.0417. The summed E-state index contributed by atoms with van der Waals surface area (Å²) in [5.74, 6) is 0. The normalized spacial score (nSPS) is 25.5. The van der Waals surface area contributed by atoms with Crippen LogP contribution in [0.25, 0.3) is 0 Å². The molecule has 0 bridgehead atoms. The summed E-state index contributed by atoms with van der Waals surface area (Å²) >= 11 is 0. The molecule has 2 atom stereocenters. The van der Waals surface area contributed by atoms with Gasteiger partial charge in [0, 0.05) is 6.54 Å². The Morgan fingerprint density at radius 3 is 2.90 bits per heavy atom. The molecule has 1 saturated heterocycles. The molecule has 0 aromatic rings. The molecule has 0 spiro atoms. The quantitative estimate of drug-likeness (QED) is 0.448. The summed E-state index contributed by atoms with van der Waals surface area (Å²) in [4.78, 5) is 9.88. The van der Waals surface area contributed by atoms with Gasteiger partial charge in [0.15, 0.2) is 0 Å². The Bertz CT molecular complexity index is 134. The molecule has 0 radical (unpaired) electrons. The van der Waals surface area contributed by atoms with E-state index in [-0.39, 0.29) is 12.6 Å². The summed E-state index contributed by atoms with van der Waals surface area (Å²) in [6, 6.07) is 0. The van der Waals surface area contributed by atoms with Gasteiger partial charge in [-0.15, -0.1) is 0 Å². The van der Waals surface area contributed by atoms with Crippen molar-refractivity contribution in [2.24, 2.45) is 0 Å². The fraction of sp³-hybridized carbons (Fsp3) is 0.800. The lowest BCUT2D eigenvalue weighted by atomic mass is 10.3. The van der Waals surface area contributed by atoms with Crippen LogP contribution in [-0.2, 0) is 4.74 Å². The molecule has 1 fully saturated rings. The van der Waals surface area contributed by atoms with Crippen LogP contribution < -0.4 is 5.32 Å². The molecule has 0 saturated carbocycles. The number of hydrogen-bond donors (Lipinski definition) is 3. The summed E-state index contributed by atoms with van der Waals surface area (Å²) in [6.45, 7) is 0.572. The van der Waals surface area contributed by atoms with Crippen molar-refractivity contribution < 1.29 is 19.7 Å². The molecule has 0 aromatic carbocycles. The highest BCUT2D eigenvalue weighted by atomic mass is 16.6. The molecule has 3 N–H and O–H groups in total. The molecule has 1 heterocycles. The number of carbonyl (C=O) groups is 1. The fourth-order valence-corrected chi connectivity index (χ4v) is 0.601. The van der Waals surface area contributed by atoms with Crippen LogP contribution in [0, 0.1) is 0 Å². The van der Waals surface area contributed by atoms with E-state index in [1.165, 1.54) is 0 Å². The van der Waals surface area contributed by atoms with E-state index in [0.717, 1.165) is 0 Å². The molecule has 1 rings (SSSR count). The third kappa shape index (κ3) is 2.20. The van der Waals surface area contributed by atoms with E-state index in [2.05, 4.69) is 5.32 Å². The van der Waals surface area contributed by atoms with Crippen LogP contribution in [0.4, 0.5) is 4.79 Å². The number of epoxide rings is 1. The highest BCUT2D eigenvalue weighted by molar-refractivity contribution is 5.64. The highest BCUT2D eigenvalue weighted by Crippen LogP contribution is 2.12. The highest BCUT2D eigenvalue weighted by Gasteiger charge is 2.31. The molecular weight excluding hydrogens is 138 g/mol. The van der Waals surface area contributed by atoms with Gasteiger partial charge < -0.3 is 20.3 Å². The van der Waals surface area contributed by atoms with Crippen LogP contribution in [-0.4, -0.2) is 41.7 Å². The van der Waals surface area contributed by atoms with Gasteiger partial charge in [-0.2, -0.15) is 0 Å². The Morgan fingerprint density at radius 2 is 2.50 bits per heavy atom. The number of ether oxygens (including phenoxy) is 1. The molecule has 0 unspecified atom stereocenters. The standard InChI is InChI=1S/C5H9NO4/c7-3(4-2-10-4)1-6-5(8)9/h3-4,6-7H,1-2H2,(H,8,9)/t3-,4-/m1/s1.